The van der Waals surface area contributed by atoms with Crippen molar-refractivity contribution in [2.24, 2.45) is 0 Å². The number of anilines is 1. The van der Waals surface area contributed by atoms with Gasteiger partial charge in [-0.1, -0.05) is 29.8 Å². The van der Waals surface area contributed by atoms with Gasteiger partial charge in [-0.25, -0.2) is 4.39 Å². The zero-order valence-corrected chi connectivity index (χ0v) is 16.3. The van der Waals surface area contributed by atoms with Gasteiger partial charge in [0.15, 0.2) is 5.82 Å². The van der Waals surface area contributed by atoms with Gasteiger partial charge in [0.05, 0.1) is 16.8 Å². The van der Waals surface area contributed by atoms with Crippen LogP contribution in [0.25, 0.3) is 0 Å². The number of nitrogens with zero attached hydrogens (tertiary/aromatic N) is 1. The minimum absolute atomic E-state index is 0.0849. The number of carboxylic acid groups (broad SMARTS) is 1. The summed E-state index contributed by atoms with van der Waals surface area (Å²) in [6, 6.07) is 9.38. The first-order chi connectivity index (χ1) is 13.5. The summed E-state index contributed by atoms with van der Waals surface area (Å²) in [7, 11) is 0. The van der Waals surface area contributed by atoms with E-state index in [0.717, 1.165) is 30.4 Å². The summed E-state index contributed by atoms with van der Waals surface area (Å²) in [4.78, 5) is 12.8. The highest BCUT2D eigenvalue weighted by atomic mass is 35.5. The van der Waals surface area contributed by atoms with Crippen LogP contribution in [0.1, 0.15) is 42.4 Å². The first-order valence-electron chi connectivity index (χ1n) is 9.73. The number of aliphatic carboxylic acids is 1. The Morgan fingerprint density at radius 3 is 2.79 bits per heavy atom. The molecule has 0 radical (unpaired) electrons. The fraction of sp³-hybridized carbons (Fsp3) is 0.409. The zero-order chi connectivity index (χ0) is 19.7. The molecule has 0 atom stereocenters. The van der Waals surface area contributed by atoms with Gasteiger partial charge in [0.2, 0.25) is 0 Å². The summed E-state index contributed by atoms with van der Waals surface area (Å²) >= 11 is 6.13. The number of hydrogen-bond acceptors (Lipinski definition) is 3. The van der Waals surface area contributed by atoms with Crippen molar-refractivity contribution in [1.29, 1.82) is 0 Å². The number of halogens is 2. The Bertz CT molecular complexity index is 898. The molecule has 0 amide bonds. The van der Waals surface area contributed by atoms with E-state index in [0.29, 0.717) is 30.9 Å². The van der Waals surface area contributed by atoms with Crippen LogP contribution in [0.5, 0.6) is 5.75 Å². The standard InChI is InChI=1S/C22H23ClFNO3/c23-19-11-18(28-17-2-1-3-17)12-20(22(19)24)25-9-8-15-10-14(5-7-21(26)27)4-6-16(15)13-25/h4,6,10-12,17H,1-3,5,7-9,13H2,(H,26,27). The van der Waals surface area contributed by atoms with Gasteiger partial charge in [-0.05, 0) is 48.8 Å². The minimum Gasteiger partial charge on any atom is -0.490 e. The SMILES string of the molecule is O=C(O)CCc1ccc2c(c1)CCN(c1cc(OC3CCC3)cc(Cl)c1F)C2. The van der Waals surface area contributed by atoms with Gasteiger partial charge in [0.1, 0.15) is 5.75 Å². The van der Waals surface area contributed by atoms with E-state index in [1.165, 1.54) is 12.0 Å². The van der Waals surface area contributed by atoms with E-state index in [1.54, 1.807) is 12.1 Å². The van der Waals surface area contributed by atoms with E-state index in [9.17, 15) is 9.18 Å². The number of carbonyl (C=O) groups is 1. The van der Waals surface area contributed by atoms with Crippen molar-refractivity contribution in [1.82, 2.24) is 0 Å². The quantitative estimate of drug-likeness (QED) is 0.738. The first kappa shape index (κ1) is 19.1. The molecule has 1 aliphatic heterocycles. The molecule has 1 saturated carbocycles. The molecular formula is C22H23ClFNO3. The second kappa shape index (κ2) is 8.00. The molecule has 0 aromatic heterocycles. The van der Waals surface area contributed by atoms with Gasteiger partial charge >= 0.3 is 5.97 Å². The van der Waals surface area contributed by atoms with E-state index >= 15 is 0 Å². The van der Waals surface area contributed by atoms with E-state index in [4.69, 9.17) is 21.4 Å². The molecule has 1 N–H and O–H groups in total. The van der Waals surface area contributed by atoms with Crippen LogP contribution in [-0.4, -0.2) is 23.7 Å². The smallest absolute Gasteiger partial charge is 0.303 e. The van der Waals surface area contributed by atoms with Crippen molar-refractivity contribution in [3.05, 3.63) is 57.9 Å². The molecule has 0 spiro atoms. The van der Waals surface area contributed by atoms with Crippen molar-refractivity contribution in [3.63, 3.8) is 0 Å². The third-order valence-corrected chi connectivity index (χ3v) is 5.86. The molecule has 4 rings (SSSR count). The second-order valence-corrected chi connectivity index (χ2v) is 7.98. The van der Waals surface area contributed by atoms with E-state index in [2.05, 4.69) is 6.07 Å². The highest BCUT2D eigenvalue weighted by Gasteiger charge is 2.24. The molecule has 28 heavy (non-hydrogen) atoms. The molecule has 148 valence electrons. The number of fused-ring (bicyclic) bond motifs is 1. The third kappa shape index (κ3) is 4.09. The van der Waals surface area contributed by atoms with E-state index < -0.39 is 11.8 Å². The Morgan fingerprint density at radius 2 is 2.07 bits per heavy atom. The summed E-state index contributed by atoms with van der Waals surface area (Å²) < 4.78 is 20.7. The molecule has 6 heteroatoms. The van der Waals surface area contributed by atoms with Crippen LogP contribution in [0.2, 0.25) is 5.02 Å². The molecule has 0 unspecified atom stereocenters. The molecule has 0 saturated heterocycles. The molecule has 2 aliphatic rings. The number of ether oxygens (including phenoxy) is 1. The van der Waals surface area contributed by atoms with Crippen LogP contribution < -0.4 is 9.64 Å². The van der Waals surface area contributed by atoms with Gasteiger partial charge in [0, 0.05) is 31.6 Å². The van der Waals surface area contributed by atoms with Crippen LogP contribution in [0.15, 0.2) is 30.3 Å². The van der Waals surface area contributed by atoms with Crippen LogP contribution in [-0.2, 0) is 24.2 Å². The maximum Gasteiger partial charge on any atom is 0.303 e. The van der Waals surface area contributed by atoms with Crippen LogP contribution in [0.4, 0.5) is 10.1 Å². The van der Waals surface area contributed by atoms with Gasteiger partial charge in [0.25, 0.3) is 0 Å². The normalized spacial score (nSPS) is 16.4. The largest absolute Gasteiger partial charge is 0.490 e. The lowest BCUT2D eigenvalue weighted by atomic mass is 9.95. The fourth-order valence-corrected chi connectivity index (χ4v) is 3.95. The monoisotopic (exact) mass is 403 g/mol. The summed E-state index contributed by atoms with van der Waals surface area (Å²) in [6.07, 6.45) is 4.88. The fourth-order valence-electron chi connectivity index (χ4n) is 3.75. The lowest BCUT2D eigenvalue weighted by Gasteiger charge is -2.32. The third-order valence-electron chi connectivity index (χ3n) is 5.59. The molecular weight excluding hydrogens is 381 g/mol. The summed E-state index contributed by atoms with van der Waals surface area (Å²) in [5.74, 6) is -0.578. The van der Waals surface area contributed by atoms with E-state index in [1.807, 2.05) is 17.0 Å². The Hall–Kier alpha value is -2.27. The second-order valence-electron chi connectivity index (χ2n) is 7.58. The molecule has 2 aromatic rings. The number of carboxylic acids is 1. The molecule has 1 heterocycles. The van der Waals surface area contributed by atoms with E-state index in [-0.39, 0.29) is 17.5 Å². The van der Waals surface area contributed by atoms with Crippen molar-refractivity contribution in [3.8, 4) is 5.75 Å². The van der Waals surface area contributed by atoms with Gasteiger partial charge in [-0.15, -0.1) is 0 Å². The molecule has 1 fully saturated rings. The van der Waals surface area contributed by atoms with Gasteiger partial charge in [-0.2, -0.15) is 0 Å². The molecule has 0 bridgehead atoms. The number of aryl methyl sites for hydroxylation is 1. The van der Waals surface area contributed by atoms with Crippen molar-refractivity contribution in [2.75, 3.05) is 11.4 Å². The Morgan fingerprint density at radius 1 is 1.25 bits per heavy atom. The van der Waals surface area contributed by atoms with Crippen molar-refractivity contribution >= 4 is 23.3 Å². The summed E-state index contributed by atoms with van der Waals surface area (Å²) in [5, 5.41) is 8.94. The van der Waals surface area contributed by atoms with Crippen LogP contribution >= 0.6 is 11.6 Å². The molecule has 4 nitrogen and oxygen atoms in total. The highest BCUT2D eigenvalue weighted by molar-refractivity contribution is 6.31. The molecule has 2 aromatic carbocycles. The zero-order valence-electron chi connectivity index (χ0n) is 15.6. The Labute approximate surface area is 168 Å². The predicted molar refractivity (Wildman–Crippen MR) is 107 cm³/mol. The number of hydrogen-bond donors (Lipinski definition) is 1. The first-order valence-corrected chi connectivity index (χ1v) is 10.1. The average Bonchev–Trinajstić information content (AvgIpc) is 2.65. The number of benzene rings is 2. The summed E-state index contributed by atoms with van der Waals surface area (Å²) in [5.41, 5.74) is 3.83. The van der Waals surface area contributed by atoms with Crippen LogP contribution in [0, 0.1) is 5.82 Å². The molecule has 1 aliphatic carbocycles. The Balaban J connectivity index is 1.52. The lowest BCUT2D eigenvalue weighted by Crippen LogP contribution is -2.31. The minimum atomic E-state index is -0.791. The average molecular weight is 404 g/mol. The topological polar surface area (TPSA) is 49.8 Å². The van der Waals surface area contributed by atoms with Crippen molar-refractivity contribution in [2.45, 2.75) is 51.2 Å². The number of rotatable bonds is 6. The summed E-state index contributed by atoms with van der Waals surface area (Å²) in [6.45, 7) is 1.27. The lowest BCUT2D eigenvalue weighted by molar-refractivity contribution is -0.136. The van der Waals surface area contributed by atoms with Crippen LogP contribution in [0.3, 0.4) is 0 Å². The predicted octanol–water partition coefficient (Wildman–Crippen LogP) is 4.99. The van der Waals surface area contributed by atoms with Gasteiger partial charge < -0.3 is 14.7 Å². The Kier molecular flexibility index (Phi) is 5.44. The maximum atomic E-state index is 14.7. The maximum absolute atomic E-state index is 14.7. The van der Waals surface area contributed by atoms with Gasteiger partial charge in [-0.3, -0.25) is 4.79 Å². The highest BCUT2D eigenvalue weighted by Crippen LogP contribution is 2.36. The van der Waals surface area contributed by atoms with Crippen molar-refractivity contribution < 1.29 is 19.0 Å².